The molecule has 0 atom stereocenters. The summed E-state index contributed by atoms with van der Waals surface area (Å²) in [5.41, 5.74) is 2.81. The van der Waals surface area contributed by atoms with E-state index in [0.29, 0.717) is 30.9 Å². The van der Waals surface area contributed by atoms with Gasteiger partial charge in [-0.2, -0.15) is 5.10 Å². The van der Waals surface area contributed by atoms with Gasteiger partial charge in [0.25, 0.3) is 0 Å². The van der Waals surface area contributed by atoms with Crippen molar-refractivity contribution in [2.75, 3.05) is 13.2 Å². The minimum Gasteiger partial charge on any atom is -0.456 e. The fourth-order valence-corrected chi connectivity index (χ4v) is 3.63. The van der Waals surface area contributed by atoms with Crippen LogP contribution in [0.3, 0.4) is 0 Å². The van der Waals surface area contributed by atoms with Gasteiger partial charge in [-0.3, -0.25) is 0 Å². The number of benzene rings is 1. The molecule has 0 aliphatic carbocycles. The fraction of sp³-hybridized carbons (Fsp3) is 0.542. The number of esters is 1. The summed E-state index contributed by atoms with van der Waals surface area (Å²) in [6.07, 6.45) is 0.355. The zero-order valence-electron chi connectivity index (χ0n) is 20.2. The molecule has 2 aromatic rings. The van der Waals surface area contributed by atoms with Crippen LogP contribution in [-0.4, -0.2) is 49.3 Å². The van der Waals surface area contributed by atoms with Crippen molar-refractivity contribution >= 4 is 46.9 Å². The second-order valence-electron chi connectivity index (χ2n) is 10.4. The van der Waals surface area contributed by atoms with Gasteiger partial charge in [-0.25, -0.2) is 14.3 Å². The first-order chi connectivity index (χ1) is 15.5. The molecule has 0 N–H and O–H groups in total. The monoisotopic (exact) mass is 529 g/mol. The second kappa shape index (κ2) is 9.59. The standard InChI is InChI=1S/C24H30Cl3N3O4/c1-22(2,3)19-12-18(20(31)33-14-24(25,26)27)30(28-19)17-8-7-15-9-10-29(13-16(15)11-17)21(32)34-23(4,5)6/h7-8,11-12H,9-10,13-14H2,1-6H3. The molecule has 0 unspecified atom stereocenters. The van der Waals surface area contributed by atoms with Gasteiger partial charge in [0.2, 0.25) is 3.79 Å². The molecule has 34 heavy (non-hydrogen) atoms. The zero-order valence-corrected chi connectivity index (χ0v) is 22.5. The summed E-state index contributed by atoms with van der Waals surface area (Å²) in [5.74, 6) is -0.651. The molecule has 1 aromatic heterocycles. The first kappa shape index (κ1) is 26.6. The second-order valence-corrected chi connectivity index (χ2v) is 12.9. The summed E-state index contributed by atoms with van der Waals surface area (Å²) in [6.45, 7) is 12.1. The quantitative estimate of drug-likeness (QED) is 0.360. The van der Waals surface area contributed by atoms with Gasteiger partial charge in [0.15, 0.2) is 5.69 Å². The number of rotatable bonds is 3. The van der Waals surface area contributed by atoms with Crippen molar-refractivity contribution in [3.63, 3.8) is 0 Å². The van der Waals surface area contributed by atoms with Crippen molar-refractivity contribution in [1.82, 2.24) is 14.7 Å². The lowest BCUT2D eigenvalue weighted by Gasteiger charge is -2.31. The summed E-state index contributed by atoms with van der Waals surface area (Å²) in [4.78, 5) is 27.1. The van der Waals surface area contributed by atoms with E-state index in [1.807, 2.05) is 59.7 Å². The summed E-state index contributed by atoms with van der Waals surface area (Å²) < 4.78 is 10.6. The lowest BCUT2D eigenvalue weighted by molar-refractivity contribution is 0.0223. The third-order valence-electron chi connectivity index (χ3n) is 5.15. The fourth-order valence-electron chi connectivity index (χ4n) is 3.47. The molecule has 0 fully saturated rings. The highest BCUT2D eigenvalue weighted by Crippen LogP contribution is 2.29. The van der Waals surface area contributed by atoms with Crippen LogP contribution < -0.4 is 0 Å². The van der Waals surface area contributed by atoms with Crippen LogP contribution in [0.15, 0.2) is 24.3 Å². The van der Waals surface area contributed by atoms with Crippen LogP contribution in [0.1, 0.15) is 68.9 Å². The average Bonchev–Trinajstić information content (AvgIpc) is 3.15. The Labute approximate surface area is 215 Å². The topological polar surface area (TPSA) is 73.7 Å². The molecule has 1 amide bonds. The maximum Gasteiger partial charge on any atom is 0.410 e. The third-order valence-corrected chi connectivity index (χ3v) is 5.48. The van der Waals surface area contributed by atoms with E-state index in [-0.39, 0.29) is 23.8 Å². The minimum atomic E-state index is -1.72. The molecule has 0 spiro atoms. The molecule has 186 valence electrons. The molecule has 7 nitrogen and oxygen atoms in total. The van der Waals surface area contributed by atoms with Crippen molar-refractivity contribution in [3.8, 4) is 5.69 Å². The summed E-state index contributed by atoms with van der Waals surface area (Å²) in [5, 5.41) is 4.68. The van der Waals surface area contributed by atoms with Crippen LogP contribution in [0.2, 0.25) is 0 Å². The smallest absolute Gasteiger partial charge is 0.410 e. The summed E-state index contributed by atoms with van der Waals surface area (Å²) in [7, 11) is 0. The van der Waals surface area contributed by atoms with E-state index < -0.39 is 15.4 Å². The molecule has 0 bridgehead atoms. The van der Waals surface area contributed by atoms with Gasteiger partial charge in [0.1, 0.15) is 12.2 Å². The number of carbonyl (C=O) groups excluding carboxylic acids is 2. The Morgan fingerprint density at radius 3 is 2.29 bits per heavy atom. The predicted molar refractivity (Wildman–Crippen MR) is 133 cm³/mol. The van der Waals surface area contributed by atoms with Crippen molar-refractivity contribution in [2.45, 2.75) is 69.3 Å². The molecule has 10 heteroatoms. The molecule has 1 aliphatic rings. The molecule has 1 aliphatic heterocycles. The van der Waals surface area contributed by atoms with Crippen molar-refractivity contribution < 1.29 is 19.1 Å². The Balaban J connectivity index is 1.94. The average molecular weight is 531 g/mol. The van der Waals surface area contributed by atoms with Crippen LogP contribution in [0.4, 0.5) is 4.79 Å². The molecular formula is C24H30Cl3N3O4. The lowest BCUT2D eigenvalue weighted by Crippen LogP contribution is -2.39. The zero-order chi connectivity index (χ0) is 25.5. The summed E-state index contributed by atoms with van der Waals surface area (Å²) in [6, 6.07) is 7.50. The van der Waals surface area contributed by atoms with E-state index in [0.717, 1.165) is 11.1 Å². The first-order valence-electron chi connectivity index (χ1n) is 11.0. The number of carbonyl (C=O) groups is 2. The van der Waals surface area contributed by atoms with Crippen molar-refractivity contribution in [1.29, 1.82) is 0 Å². The van der Waals surface area contributed by atoms with E-state index in [4.69, 9.17) is 44.3 Å². The van der Waals surface area contributed by atoms with Crippen LogP contribution in [0.25, 0.3) is 5.69 Å². The number of nitrogens with zero attached hydrogens (tertiary/aromatic N) is 3. The Kier molecular flexibility index (Phi) is 7.52. The molecule has 0 saturated carbocycles. The number of hydrogen-bond donors (Lipinski definition) is 0. The third kappa shape index (κ3) is 6.80. The first-order valence-corrected chi connectivity index (χ1v) is 12.1. The minimum absolute atomic E-state index is 0.221. The summed E-state index contributed by atoms with van der Waals surface area (Å²) >= 11 is 17.2. The normalized spacial score (nSPS) is 14.6. The number of hydrogen-bond acceptors (Lipinski definition) is 5. The molecule has 2 heterocycles. The molecule has 0 saturated heterocycles. The van der Waals surface area contributed by atoms with Gasteiger partial charge in [-0.1, -0.05) is 61.6 Å². The van der Waals surface area contributed by atoms with E-state index in [1.165, 1.54) is 4.68 Å². The van der Waals surface area contributed by atoms with Crippen LogP contribution in [0.5, 0.6) is 0 Å². The number of aromatic nitrogens is 2. The van der Waals surface area contributed by atoms with E-state index in [9.17, 15) is 9.59 Å². The Morgan fingerprint density at radius 1 is 1.03 bits per heavy atom. The van der Waals surface area contributed by atoms with Crippen molar-refractivity contribution in [3.05, 3.63) is 46.8 Å². The van der Waals surface area contributed by atoms with Gasteiger partial charge in [-0.15, -0.1) is 0 Å². The van der Waals surface area contributed by atoms with Crippen LogP contribution >= 0.6 is 34.8 Å². The maximum atomic E-state index is 12.9. The largest absolute Gasteiger partial charge is 0.456 e. The number of amides is 1. The van der Waals surface area contributed by atoms with E-state index >= 15 is 0 Å². The van der Waals surface area contributed by atoms with E-state index in [2.05, 4.69) is 5.10 Å². The highest BCUT2D eigenvalue weighted by atomic mass is 35.6. The highest BCUT2D eigenvalue weighted by molar-refractivity contribution is 6.67. The van der Waals surface area contributed by atoms with Gasteiger partial charge in [-0.05, 0) is 56.5 Å². The Bertz CT molecular complexity index is 1080. The van der Waals surface area contributed by atoms with Gasteiger partial charge in [0, 0.05) is 18.5 Å². The molecular weight excluding hydrogens is 501 g/mol. The number of ether oxygens (including phenoxy) is 2. The van der Waals surface area contributed by atoms with Crippen LogP contribution in [-0.2, 0) is 27.9 Å². The molecule has 0 radical (unpaired) electrons. The maximum absolute atomic E-state index is 12.9. The predicted octanol–water partition coefficient (Wildman–Crippen LogP) is 5.99. The number of fused-ring (bicyclic) bond motifs is 1. The van der Waals surface area contributed by atoms with Gasteiger partial charge in [0.05, 0.1) is 11.4 Å². The number of alkyl halides is 3. The van der Waals surface area contributed by atoms with E-state index in [1.54, 1.807) is 11.0 Å². The van der Waals surface area contributed by atoms with Crippen molar-refractivity contribution in [2.24, 2.45) is 0 Å². The Morgan fingerprint density at radius 2 is 1.71 bits per heavy atom. The molecule has 3 rings (SSSR count). The van der Waals surface area contributed by atoms with Crippen LogP contribution in [0, 0.1) is 0 Å². The van der Waals surface area contributed by atoms with Gasteiger partial charge >= 0.3 is 12.1 Å². The highest BCUT2D eigenvalue weighted by Gasteiger charge is 2.29. The molecule has 1 aromatic carbocycles. The number of halogens is 3. The van der Waals surface area contributed by atoms with Gasteiger partial charge < -0.3 is 14.4 Å². The lowest BCUT2D eigenvalue weighted by atomic mass is 9.92. The Hall–Kier alpha value is -1.96. The SMILES string of the molecule is CC(C)(C)OC(=O)N1CCc2ccc(-n3nc(C(C)(C)C)cc3C(=O)OCC(Cl)(Cl)Cl)cc2C1.